The smallest absolute Gasteiger partial charge is 0.222 e. The summed E-state index contributed by atoms with van der Waals surface area (Å²) in [7, 11) is 0. The molecule has 0 saturated heterocycles. The van der Waals surface area contributed by atoms with Gasteiger partial charge < -0.3 is 9.88 Å². The second-order valence-electron chi connectivity index (χ2n) is 5.07. The van der Waals surface area contributed by atoms with Crippen molar-refractivity contribution < 1.29 is 4.79 Å². The number of nitrogens with zero attached hydrogens (tertiary/aromatic N) is 2. The third kappa shape index (κ3) is 3.36. The number of carbonyl (C=O) groups excluding carboxylic acids is 1. The van der Waals surface area contributed by atoms with Gasteiger partial charge in [-0.05, 0) is 29.8 Å². The van der Waals surface area contributed by atoms with Gasteiger partial charge >= 0.3 is 0 Å². The molecule has 4 nitrogen and oxygen atoms in total. The van der Waals surface area contributed by atoms with Crippen molar-refractivity contribution in [3.63, 3.8) is 0 Å². The van der Waals surface area contributed by atoms with Gasteiger partial charge in [0, 0.05) is 53.5 Å². The van der Waals surface area contributed by atoms with E-state index in [1.165, 1.54) is 5.39 Å². The minimum absolute atomic E-state index is 0.0423. The predicted octanol–water partition coefficient (Wildman–Crippen LogP) is 3.51. The normalized spacial score (nSPS) is 10.8. The Morgan fingerprint density at radius 2 is 2.14 bits per heavy atom. The fourth-order valence-corrected chi connectivity index (χ4v) is 2.88. The van der Waals surface area contributed by atoms with Crippen molar-refractivity contribution in [3.05, 3.63) is 65.0 Å². The molecule has 0 spiro atoms. The molecule has 0 aliphatic heterocycles. The average Bonchev–Trinajstić information content (AvgIpc) is 2.96. The van der Waals surface area contributed by atoms with Crippen LogP contribution >= 0.6 is 15.9 Å². The Morgan fingerprint density at radius 3 is 2.95 bits per heavy atom. The number of halogens is 1. The van der Waals surface area contributed by atoms with Gasteiger partial charge in [-0.25, -0.2) is 0 Å². The Balaban J connectivity index is 1.57. The summed E-state index contributed by atoms with van der Waals surface area (Å²) in [5.74, 6) is 0.0423. The number of pyridine rings is 1. The van der Waals surface area contributed by atoms with E-state index in [0.717, 1.165) is 15.6 Å². The fourth-order valence-electron chi connectivity index (χ4n) is 2.39. The molecule has 112 valence electrons. The third-order valence-corrected chi connectivity index (χ3v) is 4.24. The molecule has 1 amide bonds. The Labute approximate surface area is 137 Å². The van der Waals surface area contributed by atoms with E-state index in [0.29, 0.717) is 19.5 Å². The second kappa shape index (κ2) is 6.75. The van der Waals surface area contributed by atoms with E-state index in [-0.39, 0.29) is 5.91 Å². The molecule has 0 atom stereocenters. The van der Waals surface area contributed by atoms with Crippen LogP contribution in [0.1, 0.15) is 12.0 Å². The van der Waals surface area contributed by atoms with Gasteiger partial charge in [0.15, 0.2) is 0 Å². The number of benzene rings is 1. The Kier molecular flexibility index (Phi) is 4.53. The summed E-state index contributed by atoms with van der Waals surface area (Å²) in [6.45, 7) is 1.18. The minimum Gasteiger partial charge on any atom is -0.352 e. The molecule has 1 aromatic carbocycles. The van der Waals surface area contributed by atoms with Crippen LogP contribution in [0.3, 0.4) is 0 Å². The van der Waals surface area contributed by atoms with Gasteiger partial charge in [0.1, 0.15) is 0 Å². The van der Waals surface area contributed by atoms with E-state index in [1.54, 1.807) is 12.4 Å². The Hall–Kier alpha value is -2.14. The van der Waals surface area contributed by atoms with Crippen LogP contribution in [0.15, 0.2) is 59.5 Å². The molecule has 0 aliphatic carbocycles. The summed E-state index contributed by atoms with van der Waals surface area (Å²) in [4.78, 5) is 16.0. The van der Waals surface area contributed by atoms with Crippen LogP contribution in [0.5, 0.6) is 0 Å². The van der Waals surface area contributed by atoms with Crippen LogP contribution in [0, 0.1) is 0 Å². The SMILES string of the molecule is O=C(CCn1ccc2c(Br)cccc21)NCc1cccnc1. The zero-order valence-electron chi connectivity index (χ0n) is 12.0. The highest BCUT2D eigenvalue weighted by Crippen LogP contribution is 2.24. The zero-order valence-corrected chi connectivity index (χ0v) is 13.6. The Bertz CT molecular complexity index is 783. The average molecular weight is 358 g/mol. The van der Waals surface area contributed by atoms with E-state index in [4.69, 9.17) is 0 Å². The molecule has 1 N–H and O–H groups in total. The van der Waals surface area contributed by atoms with E-state index in [1.807, 2.05) is 30.5 Å². The highest BCUT2D eigenvalue weighted by Gasteiger charge is 2.06. The molecule has 2 heterocycles. The zero-order chi connectivity index (χ0) is 15.4. The summed E-state index contributed by atoms with van der Waals surface area (Å²) >= 11 is 3.54. The van der Waals surface area contributed by atoms with Crippen molar-refractivity contribution in [1.82, 2.24) is 14.9 Å². The van der Waals surface area contributed by atoms with E-state index in [2.05, 4.69) is 42.9 Å². The Morgan fingerprint density at radius 1 is 1.23 bits per heavy atom. The lowest BCUT2D eigenvalue weighted by Crippen LogP contribution is -2.23. The summed E-state index contributed by atoms with van der Waals surface area (Å²) in [6, 6.07) is 12.0. The molecule has 3 aromatic rings. The topological polar surface area (TPSA) is 46.9 Å². The highest BCUT2D eigenvalue weighted by molar-refractivity contribution is 9.10. The fraction of sp³-hybridized carbons (Fsp3) is 0.176. The number of rotatable bonds is 5. The van der Waals surface area contributed by atoms with E-state index >= 15 is 0 Å². The van der Waals surface area contributed by atoms with Crippen LogP contribution in [0.2, 0.25) is 0 Å². The summed E-state index contributed by atoms with van der Waals surface area (Å²) < 4.78 is 3.17. The van der Waals surface area contributed by atoms with Gasteiger partial charge in [0.25, 0.3) is 0 Å². The van der Waals surface area contributed by atoms with Crippen molar-refractivity contribution in [2.24, 2.45) is 0 Å². The van der Waals surface area contributed by atoms with Crippen LogP contribution in [-0.4, -0.2) is 15.5 Å². The monoisotopic (exact) mass is 357 g/mol. The lowest BCUT2D eigenvalue weighted by Gasteiger charge is -2.07. The molecule has 3 rings (SSSR count). The maximum Gasteiger partial charge on any atom is 0.222 e. The minimum atomic E-state index is 0.0423. The van der Waals surface area contributed by atoms with E-state index in [9.17, 15) is 4.79 Å². The van der Waals surface area contributed by atoms with Crippen molar-refractivity contribution in [1.29, 1.82) is 0 Å². The van der Waals surface area contributed by atoms with Crippen LogP contribution in [0.25, 0.3) is 10.9 Å². The number of hydrogen-bond acceptors (Lipinski definition) is 2. The molecule has 0 fully saturated rings. The molecule has 2 aromatic heterocycles. The lowest BCUT2D eigenvalue weighted by molar-refractivity contribution is -0.121. The van der Waals surface area contributed by atoms with Crippen molar-refractivity contribution in [2.45, 2.75) is 19.5 Å². The maximum absolute atomic E-state index is 12.0. The molecular formula is C17H16BrN3O. The number of fused-ring (bicyclic) bond motifs is 1. The molecule has 0 saturated carbocycles. The molecule has 0 radical (unpaired) electrons. The molecule has 5 heteroatoms. The second-order valence-corrected chi connectivity index (χ2v) is 5.92. The first kappa shape index (κ1) is 14.8. The summed E-state index contributed by atoms with van der Waals surface area (Å²) in [5.41, 5.74) is 2.14. The maximum atomic E-state index is 12.0. The number of hydrogen-bond donors (Lipinski definition) is 1. The summed E-state index contributed by atoms with van der Waals surface area (Å²) in [5, 5.41) is 4.08. The number of aromatic nitrogens is 2. The third-order valence-electron chi connectivity index (χ3n) is 3.55. The molecule has 0 bridgehead atoms. The van der Waals surface area contributed by atoms with Gasteiger partial charge in [-0.3, -0.25) is 9.78 Å². The van der Waals surface area contributed by atoms with Crippen molar-refractivity contribution >= 4 is 32.7 Å². The first-order chi connectivity index (χ1) is 10.7. The van der Waals surface area contributed by atoms with Gasteiger partial charge in [-0.1, -0.05) is 28.1 Å². The highest BCUT2D eigenvalue weighted by atomic mass is 79.9. The van der Waals surface area contributed by atoms with Crippen molar-refractivity contribution in [2.75, 3.05) is 0 Å². The van der Waals surface area contributed by atoms with Crippen molar-refractivity contribution in [3.8, 4) is 0 Å². The number of nitrogens with one attached hydrogen (secondary N) is 1. The van der Waals surface area contributed by atoms with Gasteiger partial charge in [0.05, 0.1) is 0 Å². The summed E-state index contributed by atoms with van der Waals surface area (Å²) in [6.07, 6.45) is 5.96. The standard InChI is InChI=1S/C17H16BrN3O/c18-15-4-1-5-16-14(15)6-9-21(16)10-7-17(22)20-12-13-3-2-8-19-11-13/h1-6,8-9,11H,7,10,12H2,(H,20,22). The molecule has 0 unspecified atom stereocenters. The molecular weight excluding hydrogens is 342 g/mol. The first-order valence-corrected chi connectivity index (χ1v) is 7.92. The largest absolute Gasteiger partial charge is 0.352 e. The number of amides is 1. The van der Waals surface area contributed by atoms with E-state index < -0.39 is 0 Å². The predicted molar refractivity (Wildman–Crippen MR) is 90.3 cm³/mol. The lowest BCUT2D eigenvalue weighted by atomic mass is 10.2. The number of aryl methyl sites for hydroxylation is 1. The number of carbonyl (C=O) groups is 1. The van der Waals surface area contributed by atoms with Gasteiger partial charge in [-0.15, -0.1) is 0 Å². The van der Waals surface area contributed by atoms with Gasteiger partial charge in [0.2, 0.25) is 5.91 Å². The van der Waals surface area contributed by atoms with Crippen LogP contribution < -0.4 is 5.32 Å². The molecule has 0 aliphatic rings. The van der Waals surface area contributed by atoms with Gasteiger partial charge in [-0.2, -0.15) is 0 Å². The first-order valence-electron chi connectivity index (χ1n) is 7.13. The van der Waals surface area contributed by atoms with Crippen LogP contribution in [0.4, 0.5) is 0 Å². The van der Waals surface area contributed by atoms with Crippen LogP contribution in [-0.2, 0) is 17.9 Å². The quantitative estimate of drug-likeness (QED) is 0.759. The molecule has 22 heavy (non-hydrogen) atoms.